The standard InChI is InChI=1S/C12H13NO4/c1-2-7-13-11(14)8-17-10-5-3-9(4-6-10)12(15)16/h2-6H,1,7-8H2,(H,13,14)(H,15,16). The number of carbonyl (C=O) groups is 2. The third-order valence-corrected chi connectivity index (χ3v) is 1.91. The van der Waals surface area contributed by atoms with Gasteiger partial charge in [0.05, 0.1) is 5.56 Å². The van der Waals surface area contributed by atoms with Crippen molar-refractivity contribution in [3.63, 3.8) is 0 Å². The molecule has 5 heteroatoms. The molecule has 17 heavy (non-hydrogen) atoms. The van der Waals surface area contributed by atoms with Crippen LogP contribution in [0, 0.1) is 0 Å². The lowest BCUT2D eigenvalue weighted by atomic mass is 10.2. The van der Waals surface area contributed by atoms with Gasteiger partial charge >= 0.3 is 5.97 Å². The second-order valence-electron chi connectivity index (χ2n) is 3.21. The van der Waals surface area contributed by atoms with Crippen LogP contribution in [0.5, 0.6) is 5.75 Å². The quantitative estimate of drug-likeness (QED) is 0.723. The monoisotopic (exact) mass is 235 g/mol. The van der Waals surface area contributed by atoms with Crippen LogP contribution in [0.15, 0.2) is 36.9 Å². The zero-order chi connectivity index (χ0) is 12.7. The Hall–Kier alpha value is -2.30. The smallest absolute Gasteiger partial charge is 0.335 e. The van der Waals surface area contributed by atoms with Gasteiger partial charge in [0.25, 0.3) is 5.91 Å². The van der Waals surface area contributed by atoms with Gasteiger partial charge in [-0.1, -0.05) is 6.08 Å². The molecular formula is C12H13NO4. The van der Waals surface area contributed by atoms with Crippen molar-refractivity contribution in [1.82, 2.24) is 5.32 Å². The molecule has 1 aromatic rings. The topological polar surface area (TPSA) is 75.6 Å². The van der Waals surface area contributed by atoms with Crippen LogP contribution in [0.1, 0.15) is 10.4 Å². The van der Waals surface area contributed by atoms with Crippen LogP contribution in [-0.4, -0.2) is 30.1 Å². The Morgan fingerprint density at radius 2 is 2.00 bits per heavy atom. The lowest BCUT2D eigenvalue weighted by Crippen LogP contribution is -2.28. The van der Waals surface area contributed by atoms with E-state index in [0.29, 0.717) is 12.3 Å². The molecule has 0 atom stereocenters. The molecular weight excluding hydrogens is 222 g/mol. The van der Waals surface area contributed by atoms with E-state index in [9.17, 15) is 9.59 Å². The van der Waals surface area contributed by atoms with Crippen LogP contribution in [0.4, 0.5) is 0 Å². The van der Waals surface area contributed by atoms with E-state index in [0.717, 1.165) is 0 Å². The van der Waals surface area contributed by atoms with E-state index in [1.165, 1.54) is 24.3 Å². The summed E-state index contributed by atoms with van der Waals surface area (Å²) in [6.45, 7) is 3.74. The average Bonchev–Trinajstić information content (AvgIpc) is 2.34. The average molecular weight is 235 g/mol. The van der Waals surface area contributed by atoms with Crippen molar-refractivity contribution in [1.29, 1.82) is 0 Å². The van der Waals surface area contributed by atoms with E-state index in [1.54, 1.807) is 6.08 Å². The molecule has 1 rings (SSSR count). The molecule has 0 saturated heterocycles. The summed E-state index contributed by atoms with van der Waals surface area (Å²) >= 11 is 0. The Morgan fingerprint density at radius 1 is 1.35 bits per heavy atom. The largest absolute Gasteiger partial charge is 0.484 e. The molecule has 2 N–H and O–H groups in total. The molecule has 0 radical (unpaired) electrons. The summed E-state index contributed by atoms with van der Waals surface area (Å²) in [5.74, 6) is -0.809. The number of nitrogens with one attached hydrogen (secondary N) is 1. The fraction of sp³-hybridized carbons (Fsp3) is 0.167. The SMILES string of the molecule is C=CCNC(=O)COc1ccc(C(=O)O)cc1. The van der Waals surface area contributed by atoms with E-state index in [4.69, 9.17) is 9.84 Å². The van der Waals surface area contributed by atoms with Crippen molar-refractivity contribution in [3.8, 4) is 5.75 Å². The number of carboxylic acid groups (broad SMARTS) is 1. The number of aromatic carboxylic acids is 1. The number of carboxylic acids is 1. The number of carbonyl (C=O) groups excluding carboxylic acids is 1. The molecule has 0 spiro atoms. The summed E-state index contributed by atoms with van der Waals surface area (Å²) in [6.07, 6.45) is 1.57. The van der Waals surface area contributed by atoms with Crippen LogP contribution in [0.25, 0.3) is 0 Å². The van der Waals surface area contributed by atoms with E-state index in [2.05, 4.69) is 11.9 Å². The van der Waals surface area contributed by atoms with E-state index in [1.807, 2.05) is 0 Å². The fourth-order valence-corrected chi connectivity index (χ4v) is 1.08. The Morgan fingerprint density at radius 3 is 2.53 bits per heavy atom. The molecule has 0 fully saturated rings. The third kappa shape index (κ3) is 4.38. The first-order valence-electron chi connectivity index (χ1n) is 4.97. The molecule has 1 aromatic carbocycles. The highest BCUT2D eigenvalue weighted by Crippen LogP contribution is 2.11. The van der Waals surface area contributed by atoms with E-state index < -0.39 is 5.97 Å². The van der Waals surface area contributed by atoms with Crippen molar-refractivity contribution in [2.24, 2.45) is 0 Å². The van der Waals surface area contributed by atoms with Gasteiger partial charge in [0.2, 0.25) is 0 Å². The number of ether oxygens (including phenoxy) is 1. The Labute approximate surface area is 98.7 Å². The summed E-state index contributed by atoms with van der Waals surface area (Å²) in [5, 5.41) is 11.2. The minimum atomic E-state index is -1.000. The summed E-state index contributed by atoms with van der Waals surface area (Å²) < 4.78 is 5.16. The van der Waals surface area contributed by atoms with Gasteiger partial charge in [-0.2, -0.15) is 0 Å². The molecule has 0 heterocycles. The van der Waals surface area contributed by atoms with E-state index >= 15 is 0 Å². The van der Waals surface area contributed by atoms with Crippen molar-refractivity contribution < 1.29 is 19.4 Å². The van der Waals surface area contributed by atoms with Gasteiger partial charge in [0.15, 0.2) is 6.61 Å². The highest BCUT2D eigenvalue weighted by atomic mass is 16.5. The van der Waals surface area contributed by atoms with Crippen LogP contribution in [-0.2, 0) is 4.79 Å². The zero-order valence-corrected chi connectivity index (χ0v) is 9.18. The minimum Gasteiger partial charge on any atom is -0.484 e. The van der Waals surface area contributed by atoms with Crippen LogP contribution >= 0.6 is 0 Å². The predicted octanol–water partition coefficient (Wildman–Crippen LogP) is 1.07. The predicted molar refractivity (Wildman–Crippen MR) is 62.1 cm³/mol. The molecule has 90 valence electrons. The lowest BCUT2D eigenvalue weighted by molar-refractivity contribution is -0.122. The maximum Gasteiger partial charge on any atom is 0.335 e. The highest BCUT2D eigenvalue weighted by Gasteiger charge is 2.04. The zero-order valence-electron chi connectivity index (χ0n) is 9.18. The van der Waals surface area contributed by atoms with Gasteiger partial charge in [0.1, 0.15) is 5.75 Å². The summed E-state index contributed by atoms with van der Waals surface area (Å²) in [7, 11) is 0. The number of hydrogen-bond acceptors (Lipinski definition) is 3. The van der Waals surface area contributed by atoms with Crippen LogP contribution < -0.4 is 10.1 Å². The molecule has 1 amide bonds. The van der Waals surface area contributed by atoms with Gasteiger partial charge in [-0.25, -0.2) is 4.79 Å². The van der Waals surface area contributed by atoms with Crippen molar-refractivity contribution in [2.45, 2.75) is 0 Å². The minimum absolute atomic E-state index is 0.111. The van der Waals surface area contributed by atoms with Gasteiger partial charge in [-0.05, 0) is 24.3 Å². The summed E-state index contributed by atoms with van der Waals surface area (Å²) in [6, 6.07) is 5.84. The lowest BCUT2D eigenvalue weighted by Gasteiger charge is -2.06. The number of rotatable bonds is 6. The molecule has 0 saturated carbocycles. The molecule has 0 aromatic heterocycles. The normalized spacial score (nSPS) is 9.41. The maximum atomic E-state index is 11.2. The summed E-state index contributed by atoms with van der Waals surface area (Å²) in [5.41, 5.74) is 0.174. The van der Waals surface area contributed by atoms with Gasteiger partial charge in [-0.3, -0.25) is 4.79 Å². The third-order valence-electron chi connectivity index (χ3n) is 1.91. The molecule has 0 aliphatic heterocycles. The Bertz CT molecular complexity index is 411. The van der Waals surface area contributed by atoms with Crippen molar-refractivity contribution in [3.05, 3.63) is 42.5 Å². The second-order valence-corrected chi connectivity index (χ2v) is 3.21. The maximum absolute atomic E-state index is 11.2. The Kier molecular flexibility index (Phi) is 4.75. The highest BCUT2D eigenvalue weighted by molar-refractivity contribution is 5.87. The molecule has 0 aliphatic carbocycles. The van der Waals surface area contributed by atoms with Crippen LogP contribution in [0.3, 0.4) is 0 Å². The van der Waals surface area contributed by atoms with E-state index in [-0.39, 0.29) is 18.1 Å². The van der Waals surface area contributed by atoms with Crippen molar-refractivity contribution >= 4 is 11.9 Å². The summed E-state index contributed by atoms with van der Waals surface area (Å²) in [4.78, 5) is 21.8. The number of amides is 1. The number of benzene rings is 1. The Balaban J connectivity index is 2.44. The molecule has 5 nitrogen and oxygen atoms in total. The first kappa shape index (κ1) is 12.8. The molecule has 0 bridgehead atoms. The fourth-order valence-electron chi connectivity index (χ4n) is 1.08. The van der Waals surface area contributed by atoms with Gasteiger partial charge in [0, 0.05) is 6.54 Å². The molecule has 0 aliphatic rings. The van der Waals surface area contributed by atoms with Crippen molar-refractivity contribution in [2.75, 3.05) is 13.2 Å². The van der Waals surface area contributed by atoms with Crippen LogP contribution in [0.2, 0.25) is 0 Å². The number of hydrogen-bond donors (Lipinski definition) is 2. The van der Waals surface area contributed by atoms with Gasteiger partial charge in [-0.15, -0.1) is 6.58 Å². The van der Waals surface area contributed by atoms with Gasteiger partial charge < -0.3 is 15.2 Å². The first-order valence-corrected chi connectivity index (χ1v) is 4.97. The molecule has 0 unspecified atom stereocenters. The second kappa shape index (κ2) is 6.32. The first-order chi connectivity index (χ1) is 8.13.